The van der Waals surface area contributed by atoms with Crippen LogP contribution in [0.3, 0.4) is 0 Å². The van der Waals surface area contributed by atoms with Gasteiger partial charge in [0.2, 0.25) is 0 Å². The lowest BCUT2D eigenvalue weighted by Gasteiger charge is -2.31. The number of rotatable bonds is 4. The molecule has 0 aromatic heterocycles. The molecule has 2 aromatic carbocycles. The first-order valence-corrected chi connectivity index (χ1v) is 11.0. The van der Waals surface area contributed by atoms with Gasteiger partial charge in [0.25, 0.3) is 0 Å². The SMILES string of the molecule is Cc1ccc(-c2ccc(F)c(Cl)c2)cc1C1C(=O)CC(CC2CCOCC2)CC1=O. The zero-order chi connectivity index (χ0) is 21.3. The molecule has 0 radical (unpaired) electrons. The highest BCUT2D eigenvalue weighted by molar-refractivity contribution is 6.31. The van der Waals surface area contributed by atoms with Crippen molar-refractivity contribution in [3.8, 4) is 11.1 Å². The fraction of sp³-hybridized carbons (Fsp3) is 0.440. The largest absolute Gasteiger partial charge is 0.381 e. The number of halogens is 2. The van der Waals surface area contributed by atoms with E-state index in [4.69, 9.17) is 16.3 Å². The smallest absolute Gasteiger partial charge is 0.148 e. The number of hydrogen-bond acceptors (Lipinski definition) is 3. The van der Waals surface area contributed by atoms with Crippen molar-refractivity contribution in [3.05, 3.63) is 58.4 Å². The van der Waals surface area contributed by atoms with Gasteiger partial charge in [-0.2, -0.15) is 0 Å². The predicted molar refractivity (Wildman–Crippen MR) is 115 cm³/mol. The van der Waals surface area contributed by atoms with E-state index in [2.05, 4.69) is 0 Å². The minimum absolute atomic E-state index is 0.0145. The lowest BCUT2D eigenvalue weighted by Crippen LogP contribution is -2.33. The normalized spacial score (nSPS) is 23.0. The van der Waals surface area contributed by atoms with E-state index >= 15 is 0 Å². The topological polar surface area (TPSA) is 43.4 Å². The number of hydrogen-bond donors (Lipinski definition) is 0. The Bertz CT molecular complexity index is 947. The van der Waals surface area contributed by atoms with Gasteiger partial charge in [0.05, 0.1) is 5.02 Å². The van der Waals surface area contributed by atoms with Crippen LogP contribution < -0.4 is 0 Å². The molecule has 0 N–H and O–H groups in total. The predicted octanol–water partition coefficient (Wildman–Crippen LogP) is 5.90. The molecule has 2 aliphatic rings. The molecule has 30 heavy (non-hydrogen) atoms. The average Bonchev–Trinajstić information content (AvgIpc) is 2.72. The molecule has 0 spiro atoms. The summed E-state index contributed by atoms with van der Waals surface area (Å²) in [5.74, 6) is -0.452. The van der Waals surface area contributed by atoms with Crippen molar-refractivity contribution < 1.29 is 18.7 Å². The minimum Gasteiger partial charge on any atom is -0.381 e. The molecule has 5 heteroatoms. The van der Waals surface area contributed by atoms with Crippen LogP contribution in [0.25, 0.3) is 11.1 Å². The van der Waals surface area contributed by atoms with Crippen molar-refractivity contribution in [2.75, 3.05) is 13.2 Å². The monoisotopic (exact) mass is 428 g/mol. The molecule has 1 aliphatic heterocycles. The molecule has 0 atom stereocenters. The fourth-order valence-corrected chi connectivity index (χ4v) is 5.01. The second kappa shape index (κ2) is 8.99. The van der Waals surface area contributed by atoms with Gasteiger partial charge in [-0.3, -0.25) is 9.59 Å². The van der Waals surface area contributed by atoms with E-state index < -0.39 is 11.7 Å². The van der Waals surface area contributed by atoms with Crippen molar-refractivity contribution >= 4 is 23.2 Å². The lowest BCUT2D eigenvalue weighted by molar-refractivity contribution is -0.134. The summed E-state index contributed by atoms with van der Waals surface area (Å²) in [4.78, 5) is 26.1. The van der Waals surface area contributed by atoms with Gasteiger partial charge in [-0.1, -0.05) is 29.8 Å². The maximum atomic E-state index is 13.5. The van der Waals surface area contributed by atoms with Gasteiger partial charge in [-0.05, 0) is 78.5 Å². The summed E-state index contributed by atoms with van der Waals surface area (Å²) in [6, 6.07) is 10.3. The zero-order valence-corrected chi connectivity index (χ0v) is 17.9. The van der Waals surface area contributed by atoms with E-state index in [1.54, 1.807) is 12.1 Å². The number of ether oxygens (including phenoxy) is 1. The third-order valence-corrected chi connectivity index (χ3v) is 6.76. The highest BCUT2D eigenvalue weighted by Crippen LogP contribution is 2.38. The van der Waals surface area contributed by atoms with Crippen LogP contribution in [0.1, 0.15) is 49.1 Å². The molecule has 0 amide bonds. The van der Waals surface area contributed by atoms with Crippen LogP contribution in [0.4, 0.5) is 4.39 Å². The van der Waals surface area contributed by atoms with E-state index in [1.807, 2.05) is 25.1 Å². The molecule has 1 aliphatic carbocycles. The Hall–Kier alpha value is -2.04. The van der Waals surface area contributed by atoms with E-state index in [0.717, 1.165) is 54.7 Å². The Kier molecular flexibility index (Phi) is 6.35. The van der Waals surface area contributed by atoms with Crippen molar-refractivity contribution in [1.29, 1.82) is 0 Å². The number of benzene rings is 2. The molecule has 1 heterocycles. The van der Waals surface area contributed by atoms with Gasteiger partial charge >= 0.3 is 0 Å². The molecule has 0 bridgehead atoms. The number of carbonyl (C=O) groups excluding carboxylic acids is 2. The average molecular weight is 429 g/mol. The van der Waals surface area contributed by atoms with Gasteiger partial charge < -0.3 is 4.74 Å². The fourth-order valence-electron chi connectivity index (χ4n) is 4.83. The van der Waals surface area contributed by atoms with Crippen LogP contribution in [-0.4, -0.2) is 24.8 Å². The molecular formula is C25H26ClFO3. The summed E-state index contributed by atoms with van der Waals surface area (Å²) < 4.78 is 18.9. The lowest BCUT2D eigenvalue weighted by atomic mass is 9.72. The Balaban J connectivity index is 1.55. The molecule has 0 unspecified atom stereocenters. The molecule has 158 valence electrons. The minimum atomic E-state index is -0.702. The van der Waals surface area contributed by atoms with Crippen molar-refractivity contribution in [3.63, 3.8) is 0 Å². The molecule has 1 saturated carbocycles. The van der Waals surface area contributed by atoms with E-state index in [9.17, 15) is 14.0 Å². The molecule has 2 aromatic rings. The zero-order valence-electron chi connectivity index (χ0n) is 17.1. The maximum Gasteiger partial charge on any atom is 0.148 e. The molecule has 2 fully saturated rings. The van der Waals surface area contributed by atoms with Gasteiger partial charge in [-0.25, -0.2) is 4.39 Å². The summed E-state index contributed by atoms with van der Waals surface area (Å²) >= 11 is 5.93. The van der Waals surface area contributed by atoms with E-state index in [1.165, 1.54) is 6.07 Å². The molecular weight excluding hydrogens is 403 g/mol. The number of aryl methyl sites for hydroxylation is 1. The molecule has 4 rings (SSSR count). The Morgan fingerprint density at radius 3 is 2.27 bits per heavy atom. The van der Waals surface area contributed by atoms with Crippen molar-refractivity contribution in [1.82, 2.24) is 0 Å². The van der Waals surface area contributed by atoms with E-state index in [0.29, 0.717) is 18.8 Å². The summed E-state index contributed by atoms with van der Waals surface area (Å²) in [6.07, 6.45) is 3.88. The van der Waals surface area contributed by atoms with Crippen LogP contribution in [0.15, 0.2) is 36.4 Å². The van der Waals surface area contributed by atoms with Crippen LogP contribution >= 0.6 is 11.6 Å². The highest BCUT2D eigenvalue weighted by Gasteiger charge is 2.38. The van der Waals surface area contributed by atoms with Gasteiger partial charge in [0, 0.05) is 26.1 Å². The van der Waals surface area contributed by atoms with Crippen molar-refractivity contribution in [2.45, 2.75) is 44.9 Å². The van der Waals surface area contributed by atoms with Crippen LogP contribution in [-0.2, 0) is 14.3 Å². The second-order valence-electron chi connectivity index (χ2n) is 8.63. The molecule has 1 saturated heterocycles. The molecule has 3 nitrogen and oxygen atoms in total. The number of Topliss-reactive ketones (excluding diaryl/α,β-unsaturated/α-hetero) is 2. The van der Waals surface area contributed by atoms with Crippen LogP contribution in [0, 0.1) is 24.6 Å². The van der Waals surface area contributed by atoms with Gasteiger partial charge in [-0.15, -0.1) is 0 Å². The quantitative estimate of drug-likeness (QED) is 0.569. The second-order valence-corrected chi connectivity index (χ2v) is 9.04. The number of carbonyl (C=O) groups is 2. The Morgan fingerprint density at radius 2 is 1.60 bits per heavy atom. The van der Waals surface area contributed by atoms with Crippen LogP contribution in [0.2, 0.25) is 5.02 Å². The third kappa shape index (κ3) is 4.50. The third-order valence-electron chi connectivity index (χ3n) is 6.47. The summed E-state index contributed by atoms with van der Waals surface area (Å²) in [6.45, 7) is 3.48. The Morgan fingerprint density at radius 1 is 0.967 bits per heavy atom. The maximum absolute atomic E-state index is 13.5. The van der Waals surface area contributed by atoms with E-state index in [-0.39, 0.29) is 22.5 Å². The first-order valence-electron chi connectivity index (χ1n) is 10.6. The summed E-state index contributed by atoms with van der Waals surface area (Å²) in [5.41, 5.74) is 3.26. The van der Waals surface area contributed by atoms with Crippen molar-refractivity contribution in [2.24, 2.45) is 11.8 Å². The standard InChI is InChI=1S/C25H26ClFO3/c1-15-2-3-18(19-4-5-22(27)21(26)14-19)13-20(15)25-23(28)11-17(12-24(25)29)10-16-6-8-30-9-7-16/h2-5,13-14,16-17,25H,6-12H2,1H3. The van der Waals surface area contributed by atoms with Gasteiger partial charge in [0.1, 0.15) is 23.3 Å². The van der Waals surface area contributed by atoms with Gasteiger partial charge in [0.15, 0.2) is 0 Å². The number of ketones is 2. The Labute approximate surface area is 181 Å². The highest BCUT2D eigenvalue weighted by atomic mass is 35.5. The first kappa shape index (κ1) is 21.2. The van der Waals surface area contributed by atoms with Crippen LogP contribution in [0.5, 0.6) is 0 Å². The summed E-state index contributed by atoms with van der Waals surface area (Å²) in [5, 5.41) is 0.0513. The summed E-state index contributed by atoms with van der Waals surface area (Å²) in [7, 11) is 0. The first-order chi connectivity index (χ1) is 14.4.